The lowest BCUT2D eigenvalue weighted by atomic mass is 10.0. The maximum absolute atomic E-state index is 10.4. The van der Waals surface area contributed by atoms with Crippen molar-refractivity contribution in [1.82, 2.24) is 0 Å². The van der Waals surface area contributed by atoms with E-state index in [1.807, 2.05) is 48.6 Å². The fraction of sp³-hybridized carbons (Fsp3) is 0.0667. The zero-order valence-electron chi connectivity index (χ0n) is 18.4. The standard InChI is InChI=1S/C30H23ClO2S/c31-25-13-8-20(9-14-25)7-12-23(17-21-10-15-26(33)16-11-21)29(19-32)34-28-18-24-5-1-3-22-4-2-6-27(28)30(22)24/h1-18,29,32-33H,19H2. The van der Waals surface area contributed by atoms with Crippen LogP contribution in [-0.2, 0) is 0 Å². The summed E-state index contributed by atoms with van der Waals surface area (Å²) in [5, 5.41) is 23.1. The fourth-order valence-corrected chi connectivity index (χ4v) is 5.44. The maximum Gasteiger partial charge on any atom is 0.115 e. The van der Waals surface area contributed by atoms with Gasteiger partial charge in [0.1, 0.15) is 5.75 Å². The van der Waals surface area contributed by atoms with Crippen LogP contribution in [0, 0.1) is 0 Å². The number of aliphatic hydroxyl groups is 1. The van der Waals surface area contributed by atoms with Crippen LogP contribution in [0.15, 0.2) is 96.6 Å². The van der Waals surface area contributed by atoms with Gasteiger partial charge in [0.05, 0.1) is 11.9 Å². The smallest absolute Gasteiger partial charge is 0.115 e. The van der Waals surface area contributed by atoms with E-state index in [1.165, 1.54) is 21.9 Å². The van der Waals surface area contributed by atoms with Crippen molar-refractivity contribution in [2.75, 3.05) is 6.61 Å². The molecule has 0 saturated carbocycles. The number of rotatable bonds is 7. The highest BCUT2D eigenvalue weighted by Crippen LogP contribution is 2.45. The normalized spacial score (nSPS) is 14.1. The monoisotopic (exact) mass is 482 g/mol. The molecule has 5 rings (SSSR count). The van der Waals surface area contributed by atoms with E-state index >= 15 is 0 Å². The van der Waals surface area contributed by atoms with Crippen molar-refractivity contribution in [3.63, 3.8) is 0 Å². The number of aliphatic hydroxyl groups excluding tert-OH is 1. The van der Waals surface area contributed by atoms with E-state index in [0.29, 0.717) is 5.02 Å². The van der Waals surface area contributed by atoms with E-state index in [0.717, 1.165) is 21.6 Å². The highest BCUT2D eigenvalue weighted by Gasteiger charge is 2.21. The predicted octanol–water partition coefficient (Wildman–Crippen LogP) is 7.90. The molecule has 0 aliphatic heterocycles. The number of hydrogen-bond acceptors (Lipinski definition) is 3. The number of hydrogen-bond donors (Lipinski definition) is 2. The van der Waals surface area contributed by atoms with Crippen LogP contribution in [-0.4, -0.2) is 22.1 Å². The number of allylic oxidation sites excluding steroid dienone is 1. The summed E-state index contributed by atoms with van der Waals surface area (Å²) in [6, 6.07) is 27.5. The van der Waals surface area contributed by atoms with Crippen LogP contribution < -0.4 is 0 Å². The molecule has 0 amide bonds. The number of thioether (sulfide) groups is 1. The Balaban J connectivity index is 1.50. The lowest BCUT2D eigenvalue weighted by molar-refractivity contribution is 0.305. The molecule has 0 aromatic heterocycles. The van der Waals surface area contributed by atoms with Crippen LogP contribution in [0.25, 0.3) is 33.9 Å². The molecule has 0 fully saturated rings. The zero-order chi connectivity index (χ0) is 23.5. The van der Waals surface area contributed by atoms with Crippen molar-refractivity contribution in [3.8, 4) is 5.75 Å². The summed E-state index contributed by atoms with van der Waals surface area (Å²) in [6.45, 7) is -0.0107. The van der Waals surface area contributed by atoms with Crippen LogP contribution in [0.4, 0.5) is 0 Å². The maximum atomic E-state index is 10.4. The zero-order valence-corrected chi connectivity index (χ0v) is 19.9. The van der Waals surface area contributed by atoms with Crippen LogP contribution in [0.1, 0.15) is 22.3 Å². The number of aromatic hydroxyl groups is 1. The average Bonchev–Trinajstić information content (AvgIpc) is 3.22. The Morgan fingerprint density at radius 2 is 1.59 bits per heavy atom. The molecule has 0 bridgehead atoms. The molecule has 1 aliphatic carbocycles. The summed E-state index contributed by atoms with van der Waals surface area (Å²) >= 11 is 7.71. The second-order valence-corrected chi connectivity index (χ2v) is 9.85. The quantitative estimate of drug-likeness (QED) is 0.263. The lowest BCUT2D eigenvalue weighted by Gasteiger charge is -2.17. The van der Waals surface area contributed by atoms with E-state index in [1.54, 1.807) is 23.9 Å². The minimum atomic E-state index is -0.173. The fourth-order valence-electron chi connectivity index (χ4n) is 4.15. The molecule has 4 aromatic rings. The molecule has 34 heavy (non-hydrogen) atoms. The van der Waals surface area contributed by atoms with E-state index < -0.39 is 0 Å². The molecule has 168 valence electrons. The summed E-state index contributed by atoms with van der Waals surface area (Å²) in [7, 11) is 0. The second kappa shape index (κ2) is 9.94. The minimum Gasteiger partial charge on any atom is -0.508 e. The second-order valence-electron chi connectivity index (χ2n) is 8.17. The van der Waals surface area contributed by atoms with Crippen molar-refractivity contribution >= 4 is 57.3 Å². The molecule has 1 unspecified atom stereocenters. The van der Waals surface area contributed by atoms with Gasteiger partial charge in [-0.3, -0.25) is 0 Å². The molecule has 4 aromatic carbocycles. The predicted molar refractivity (Wildman–Crippen MR) is 147 cm³/mol. The molecule has 1 atom stereocenters. The van der Waals surface area contributed by atoms with Crippen molar-refractivity contribution < 1.29 is 10.2 Å². The van der Waals surface area contributed by atoms with Gasteiger partial charge in [-0.2, -0.15) is 0 Å². The van der Waals surface area contributed by atoms with Gasteiger partial charge in [-0.1, -0.05) is 90.5 Å². The number of phenolic OH excluding ortho intramolecular Hbond substituents is 1. The van der Waals surface area contributed by atoms with Gasteiger partial charge in [-0.05, 0) is 68.9 Å². The molecule has 0 heterocycles. The minimum absolute atomic E-state index is 0.0107. The van der Waals surface area contributed by atoms with Crippen LogP contribution in [0.5, 0.6) is 5.75 Å². The molecule has 2 N–H and O–H groups in total. The van der Waals surface area contributed by atoms with Crippen molar-refractivity contribution in [2.24, 2.45) is 0 Å². The summed E-state index contributed by atoms with van der Waals surface area (Å²) in [4.78, 5) is 1.15. The van der Waals surface area contributed by atoms with E-state index in [2.05, 4.69) is 48.6 Å². The molecule has 1 aliphatic rings. The number of phenols is 1. The molecular formula is C30H23ClO2S. The summed E-state index contributed by atoms with van der Waals surface area (Å²) < 4.78 is 0. The highest BCUT2D eigenvalue weighted by molar-refractivity contribution is 8.09. The third-order valence-corrected chi connectivity index (χ3v) is 7.41. The summed E-state index contributed by atoms with van der Waals surface area (Å²) in [6.07, 6.45) is 8.35. The Bertz CT molecular complexity index is 1410. The van der Waals surface area contributed by atoms with Gasteiger partial charge in [0, 0.05) is 9.93 Å². The highest BCUT2D eigenvalue weighted by atomic mass is 35.5. The number of benzene rings is 4. The first kappa shape index (κ1) is 22.5. The lowest BCUT2D eigenvalue weighted by Crippen LogP contribution is -2.11. The van der Waals surface area contributed by atoms with Crippen molar-refractivity contribution in [1.29, 1.82) is 0 Å². The van der Waals surface area contributed by atoms with Gasteiger partial charge in [0.15, 0.2) is 0 Å². The van der Waals surface area contributed by atoms with E-state index in [4.69, 9.17) is 11.6 Å². The Labute approximate surface area is 208 Å². The topological polar surface area (TPSA) is 40.5 Å². The Kier molecular flexibility index (Phi) is 6.59. The van der Waals surface area contributed by atoms with Gasteiger partial charge in [-0.25, -0.2) is 0 Å². The van der Waals surface area contributed by atoms with Gasteiger partial charge in [0.2, 0.25) is 0 Å². The molecule has 0 spiro atoms. The van der Waals surface area contributed by atoms with E-state index in [9.17, 15) is 10.2 Å². The third kappa shape index (κ3) is 4.83. The first-order chi connectivity index (χ1) is 16.6. The Morgan fingerprint density at radius 3 is 2.32 bits per heavy atom. The SMILES string of the molecule is OCC(SC1=Cc2cccc3cccc1c23)C(C=Cc1ccc(Cl)cc1)=Cc1ccc(O)cc1. The third-order valence-electron chi connectivity index (χ3n) is 5.86. The van der Waals surface area contributed by atoms with Crippen LogP contribution in [0.3, 0.4) is 0 Å². The largest absolute Gasteiger partial charge is 0.508 e. The first-order valence-corrected chi connectivity index (χ1v) is 12.3. The van der Waals surface area contributed by atoms with Crippen molar-refractivity contribution in [2.45, 2.75) is 5.25 Å². The van der Waals surface area contributed by atoms with Gasteiger partial charge < -0.3 is 10.2 Å². The van der Waals surface area contributed by atoms with Crippen LogP contribution in [0.2, 0.25) is 5.02 Å². The molecule has 0 saturated heterocycles. The van der Waals surface area contributed by atoms with Gasteiger partial charge >= 0.3 is 0 Å². The van der Waals surface area contributed by atoms with Crippen molar-refractivity contribution in [3.05, 3.63) is 124 Å². The first-order valence-electron chi connectivity index (χ1n) is 11.1. The summed E-state index contributed by atoms with van der Waals surface area (Å²) in [5.41, 5.74) is 5.39. The molecular weight excluding hydrogens is 460 g/mol. The van der Waals surface area contributed by atoms with Gasteiger partial charge in [0.25, 0.3) is 0 Å². The average molecular weight is 483 g/mol. The number of halogens is 1. The molecule has 2 nitrogen and oxygen atoms in total. The summed E-state index contributed by atoms with van der Waals surface area (Å²) in [5.74, 6) is 0.227. The van der Waals surface area contributed by atoms with Crippen LogP contribution >= 0.6 is 23.4 Å². The molecule has 4 heteroatoms. The Hall–Kier alpha value is -3.24. The van der Waals surface area contributed by atoms with Gasteiger partial charge in [-0.15, -0.1) is 11.8 Å². The Morgan fingerprint density at radius 1 is 0.882 bits per heavy atom. The van der Waals surface area contributed by atoms with E-state index in [-0.39, 0.29) is 17.6 Å². The molecule has 0 radical (unpaired) electrons.